The standard InChI is InChI=1S/C54H45N/c1-5-21-44(22-6-1)52(45-23-7-2-8-24-45)32-17-19-42-35-38-50(39-36-42)55(51-40-37-43-20-13-14-30-49(43)41-51)54-34-16-15-29-48(54)31-18-33-53(46-25-9-3-10-26-46)47-27-11-4-12-28-47/h1-12,15-19,21-29,31-41H,13-14,20,30H2. The van der Waals surface area contributed by atoms with Crippen LogP contribution in [0.3, 0.4) is 0 Å². The van der Waals surface area contributed by atoms with E-state index in [0.29, 0.717) is 0 Å². The molecule has 0 bridgehead atoms. The molecule has 0 saturated heterocycles. The summed E-state index contributed by atoms with van der Waals surface area (Å²) in [5.41, 5.74) is 15.9. The number of para-hydroxylation sites is 1. The number of hydrogen-bond acceptors (Lipinski definition) is 1. The van der Waals surface area contributed by atoms with E-state index in [0.717, 1.165) is 35.3 Å². The number of hydrogen-bond donors (Lipinski definition) is 0. The van der Waals surface area contributed by atoms with Crippen molar-refractivity contribution in [1.29, 1.82) is 0 Å². The van der Waals surface area contributed by atoms with Crippen LogP contribution in [0.25, 0.3) is 23.3 Å². The molecule has 1 aliphatic carbocycles. The zero-order valence-corrected chi connectivity index (χ0v) is 31.1. The number of fused-ring (bicyclic) bond motifs is 1. The Bertz CT molecular complexity index is 2350. The number of allylic oxidation sites excluding steroid dienone is 4. The molecule has 0 unspecified atom stereocenters. The molecule has 1 heteroatoms. The summed E-state index contributed by atoms with van der Waals surface area (Å²) in [4.78, 5) is 2.42. The van der Waals surface area contributed by atoms with Crippen molar-refractivity contribution in [1.82, 2.24) is 0 Å². The van der Waals surface area contributed by atoms with Crippen LogP contribution >= 0.6 is 0 Å². The van der Waals surface area contributed by atoms with Gasteiger partial charge in [0.15, 0.2) is 0 Å². The third-order valence-electron chi connectivity index (χ3n) is 10.3. The van der Waals surface area contributed by atoms with Gasteiger partial charge in [0.25, 0.3) is 0 Å². The highest BCUT2D eigenvalue weighted by molar-refractivity contribution is 5.86. The number of rotatable bonds is 11. The van der Waals surface area contributed by atoms with E-state index in [2.05, 4.69) is 229 Å². The van der Waals surface area contributed by atoms with Crippen molar-refractivity contribution in [2.75, 3.05) is 4.90 Å². The summed E-state index contributed by atoms with van der Waals surface area (Å²) in [7, 11) is 0. The summed E-state index contributed by atoms with van der Waals surface area (Å²) in [6.07, 6.45) is 18.1. The Morgan fingerprint density at radius 1 is 0.400 bits per heavy atom. The van der Waals surface area contributed by atoms with Crippen molar-refractivity contribution in [2.45, 2.75) is 25.7 Å². The first kappa shape index (κ1) is 35.3. The maximum Gasteiger partial charge on any atom is 0.0533 e. The van der Waals surface area contributed by atoms with Crippen LogP contribution < -0.4 is 4.90 Å². The highest BCUT2D eigenvalue weighted by atomic mass is 15.1. The maximum atomic E-state index is 2.42. The minimum absolute atomic E-state index is 1.13. The van der Waals surface area contributed by atoms with Crippen LogP contribution in [-0.2, 0) is 12.8 Å². The molecule has 0 heterocycles. The summed E-state index contributed by atoms with van der Waals surface area (Å²) in [5.74, 6) is 0. The molecule has 8 rings (SSSR count). The molecule has 0 aliphatic heterocycles. The van der Waals surface area contributed by atoms with E-state index in [1.54, 1.807) is 0 Å². The maximum absolute atomic E-state index is 2.42. The topological polar surface area (TPSA) is 3.24 Å². The van der Waals surface area contributed by atoms with Crippen molar-refractivity contribution in [3.63, 3.8) is 0 Å². The van der Waals surface area contributed by atoms with E-state index in [9.17, 15) is 0 Å². The molecule has 266 valence electrons. The number of anilines is 3. The Balaban J connectivity index is 1.14. The average Bonchev–Trinajstić information content (AvgIpc) is 3.26. The van der Waals surface area contributed by atoms with Gasteiger partial charge in [-0.2, -0.15) is 0 Å². The molecule has 0 spiro atoms. The smallest absolute Gasteiger partial charge is 0.0533 e. The van der Waals surface area contributed by atoms with Crippen LogP contribution in [0.4, 0.5) is 17.1 Å². The molecule has 0 N–H and O–H groups in total. The lowest BCUT2D eigenvalue weighted by atomic mass is 9.91. The van der Waals surface area contributed by atoms with Crippen molar-refractivity contribution >= 4 is 40.4 Å². The Labute approximate surface area is 326 Å². The van der Waals surface area contributed by atoms with Gasteiger partial charge in [-0.15, -0.1) is 0 Å². The van der Waals surface area contributed by atoms with E-state index >= 15 is 0 Å². The summed E-state index contributed by atoms with van der Waals surface area (Å²) in [6.45, 7) is 0. The van der Waals surface area contributed by atoms with Gasteiger partial charge in [-0.05, 0) is 112 Å². The van der Waals surface area contributed by atoms with Crippen molar-refractivity contribution in [2.24, 2.45) is 0 Å². The Morgan fingerprint density at radius 3 is 1.40 bits per heavy atom. The van der Waals surface area contributed by atoms with Crippen LogP contribution in [-0.4, -0.2) is 0 Å². The lowest BCUT2D eigenvalue weighted by molar-refractivity contribution is 0.685. The molecule has 0 amide bonds. The molecule has 0 radical (unpaired) electrons. The van der Waals surface area contributed by atoms with Crippen molar-refractivity contribution in [3.05, 3.63) is 257 Å². The van der Waals surface area contributed by atoms with Gasteiger partial charge >= 0.3 is 0 Å². The van der Waals surface area contributed by atoms with Crippen LogP contribution in [0.5, 0.6) is 0 Å². The predicted octanol–water partition coefficient (Wildman–Crippen LogP) is 14.3. The Morgan fingerprint density at radius 2 is 0.855 bits per heavy atom. The second kappa shape index (κ2) is 17.4. The highest BCUT2D eigenvalue weighted by Gasteiger charge is 2.18. The molecule has 1 aliphatic rings. The first-order valence-electron chi connectivity index (χ1n) is 19.4. The fourth-order valence-electron chi connectivity index (χ4n) is 7.55. The molecule has 7 aromatic rings. The minimum atomic E-state index is 1.13. The van der Waals surface area contributed by atoms with Gasteiger partial charge in [-0.25, -0.2) is 0 Å². The van der Waals surface area contributed by atoms with E-state index in [-0.39, 0.29) is 0 Å². The normalized spacial score (nSPS) is 12.3. The van der Waals surface area contributed by atoms with Gasteiger partial charge in [-0.3, -0.25) is 0 Å². The van der Waals surface area contributed by atoms with Crippen LogP contribution in [0.15, 0.2) is 212 Å². The average molecular weight is 708 g/mol. The van der Waals surface area contributed by atoms with E-state index in [1.165, 1.54) is 63.1 Å². The molecule has 1 nitrogen and oxygen atoms in total. The Kier molecular flexibility index (Phi) is 11.2. The van der Waals surface area contributed by atoms with Gasteiger partial charge in [0, 0.05) is 11.4 Å². The van der Waals surface area contributed by atoms with Crippen molar-refractivity contribution in [3.8, 4) is 0 Å². The van der Waals surface area contributed by atoms with Crippen LogP contribution in [0, 0.1) is 0 Å². The third-order valence-corrected chi connectivity index (χ3v) is 10.3. The minimum Gasteiger partial charge on any atom is -0.310 e. The quantitative estimate of drug-likeness (QED) is 0.121. The van der Waals surface area contributed by atoms with Gasteiger partial charge in [0.05, 0.1) is 5.69 Å². The molecule has 55 heavy (non-hydrogen) atoms. The van der Waals surface area contributed by atoms with Crippen LogP contribution in [0.2, 0.25) is 0 Å². The summed E-state index contributed by atoms with van der Waals surface area (Å²) >= 11 is 0. The monoisotopic (exact) mass is 707 g/mol. The second-order valence-corrected chi connectivity index (χ2v) is 14.0. The number of benzene rings is 7. The number of nitrogens with zero attached hydrogens (tertiary/aromatic N) is 1. The molecule has 0 saturated carbocycles. The largest absolute Gasteiger partial charge is 0.310 e. The van der Waals surface area contributed by atoms with E-state index in [4.69, 9.17) is 0 Å². The van der Waals surface area contributed by atoms with E-state index in [1.807, 2.05) is 0 Å². The summed E-state index contributed by atoms with van der Waals surface area (Å²) in [6, 6.07) is 67.3. The zero-order chi connectivity index (χ0) is 37.1. The predicted molar refractivity (Wildman–Crippen MR) is 236 cm³/mol. The molecular formula is C54H45N. The van der Waals surface area contributed by atoms with Gasteiger partial charge in [0.1, 0.15) is 0 Å². The fourth-order valence-corrected chi connectivity index (χ4v) is 7.55. The van der Waals surface area contributed by atoms with Crippen molar-refractivity contribution < 1.29 is 0 Å². The fraction of sp³-hybridized carbons (Fsp3) is 0.0741. The molecular weight excluding hydrogens is 663 g/mol. The highest BCUT2D eigenvalue weighted by Crippen LogP contribution is 2.39. The first-order valence-corrected chi connectivity index (χ1v) is 19.4. The SMILES string of the molecule is C(=Cc1ccc(N(c2ccc3c(c2)CCCC3)c2ccccc2C=CC=C(c2ccccc2)c2ccccc2)cc1)C=C(c1ccccc1)c1ccccc1. The first-order chi connectivity index (χ1) is 27.3. The zero-order valence-electron chi connectivity index (χ0n) is 31.1. The van der Waals surface area contributed by atoms with Gasteiger partial charge in [-0.1, -0.05) is 194 Å². The summed E-state index contributed by atoms with van der Waals surface area (Å²) in [5, 5.41) is 0. The van der Waals surface area contributed by atoms with Crippen LogP contribution in [0.1, 0.15) is 57.3 Å². The second-order valence-electron chi connectivity index (χ2n) is 14.0. The van der Waals surface area contributed by atoms with Gasteiger partial charge < -0.3 is 4.90 Å². The van der Waals surface area contributed by atoms with E-state index < -0.39 is 0 Å². The lowest BCUT2D eigenvalue weighted by Gasteiger charge is -2.29. The third kappa shape index (κ3) is 8.59. The summed E-state index contributed by atoms with van der Waals surface area (Å²) < 4.78 is 0. The molecule has 7 aromatic carbocycles. The molecule has 0 atom stereocenters. The number of aryl methyl sites for hydroxylation is 2. The lowest BCUT2D eigenvalue weighted by Crippen LogP contribution is -2.13. The van der Waals surface area contributed by atoms with Gasteiger partial charge in [0.2, 0.25) is 0 Å². The Hall–Kier alpha value is -6.70. The molecule has 0 aromatic heterocycles. The molecule has 0 fully saturated rings.